The van der Waals surface area contributed by atoms with Crippen molar-refractivity contribution in [2.75, 3.05) is 4.90 Å². The zero-order valence-electron chi connectivity index (χ0n) is 36.2. The second-order valence-electron chi connectivity index (χ2n) is 19.7. The lowest BCUT2D eigenvalue weighted by atomic mass is 9.75. The molecule has 0 amide bonds. The van der Waals surface area contributed by atoms with Crippen molar-refractivity contribution in [2.24, 2.45) is 23.7 Å². The molecule has 0 spiro atoms. The maximum absolute atomic E-state index is 4.14. The van der Waals surface area contributed by atoms with Crippen molar-refractivity contribution in [1.29, 1.82) is 0 Å². The standard InChI is InChI=1S/C60H54N4/c1-2-19-44(20-3-1)63-59(61-60(63)43-31-33-47-41(35-43)30-29-38-15-4-7-22-46(38)47)42-18-14-21-45(36-42)62-52-27-12-11-26-51(52)57-55(62)37-40-17-6-9-24-49(40)58(57)64-53-28-13-10-25-50(53)56-48-23-8-5-16-39(48)32-34-54(56)64/h1-11,14-26,29-35,37-38,42,46,50,53-54,56-61H,12-13,27-28,36H2. The van der Waals surface area contributed by atoms with E-state index in [1.807, 2.05) is 0 Å². The lowest BCUT2D eigenvalue weighted by molar-refractivity contribution is 0.106. The lowest BCUT2D eigenvalue weighted by Gasteiger charge is -2.54. The molecule has 0 aromatic heterocycles. The molecule has 14 rings (SSSR count). The molecular weight excluding hydrogens is 777 g/mol. The van der Waals surface area contributed by atoms with Crippen LogP contribution in [0.4, 0.5) is 5.69 Å². The van der Waals surface area contributed by atoms with Gasteiger partial charge in [-0.15, -0.1) is 0 Å². The van der Waals surface area contributed by atoms with Gasteiger partial charge in [-0.1, -0.05) is 164 Å². The Bertz CT molecular complexity index is 2900. The molecular formula is C60H54N4. The Hall–Kier alpha value is -6.20. The molecule has 11 atom stereocenters. The van der Waals surface area contributed by atoms with Crippen LogP contribution >= 0.6 is 0 Å². The van der Waals surface area contributed by atoms with Gasteiger partial charge in [-0.3, -0.25) is 10.2 Å². The number of nitrogens with zero attached hydrogens (tertiary/aromatic N) is 3. The first kappa shape index (κ1) is 37.2. The number of anilines is 1. The highest BCUT2D eigenvalue weighted by Crippen LogP contribution is 2.61. The van der Waals surface area contributed by atoms with E-state index in [4.69, 9.17) is 0 Å². The van der Waals surface area contributed by atoms with E-state index >= 15 is 0 Å². The summed E-state index contributed by atoms with van der Waals surface area (Å²) in [5, 5.41) is 4.14. The van der Waals surface area contributed by atoms with E-state index in [-0.39, 0.29) is 24.3 Å². The van der Waals surface area contributed by atoms with Gasteiger partial charge in [0.05, 0.1) is 6.17 Å². The Morgan fingerprint density at radius 2 is 1.50 bits per heavy atom. The molecule has 64 heavy (non-hydrogen) atoms. The third-order valence-electron chi connectivity index (χ3n) is 16.6. The quantitative estimate of drug-likeness (QED) is 0.202. The molecule has 4 heteroatoms. The minimum absolute atomic E-state index is 0.101. The highest BCUT2D eigenvalue weighted by molar-refractivity contribution is 5.69. The van der Waals surface area contributed by atoms with Gasteiger partial charge >= 0.3 is 0 Å². The van der Waals surface area contributed by atoms with E-state index < -0.39 is 0 Å². The van der Waals surface area contributed by atoms with Gasteiger partial charge < -0.3 is 9.80 Å². The topological polar surface area (TPSA) is 21.8 Å². The first-order chi connectivity index (χ1) is 31.8. The number of rotatable bonds is 5. The lowest BCUT2D eigenvalue weighted by Crippen LogP contribution is -2.67. The van der Waals surface area contributed by atoms with Crippen LogP contribution in [0.5, 0.6) is 0 Å². The Morgan fingerprint density at radius 3 is 2.44 bits per heavy atom. The maximum Gasteiger partial charge on any atom is 0.109 e. The Kier molecular flexibility index (Phi) is 8.53. The van der Waals surface area contributed by atoms with Crippen LogP contribution in [0.25, 0.3) is 18.2 Å². The van der Waals surface area contributed by atoms with Gasteiger partial charge in [-0.2, -0.15) is 0 Å². The van der Waals surface area contributed by atoms with Crippen LogP contribution < -0.4 is 10.2 Å². The first-order valence-electron chi connectivity index (χ1n) is 24.1. The fraction of sp³-hybridized carbons (Fsp3) is 0.267. The molecule has 3 aliphatic heterocycles. The molecule has 2 fully saturated rings. The highest BCUT2D eigenvalue weighted by atomic mass is 15.5. The Labute approximate surface area is 378 Å². The van der Waals surface area contributed by atoms with Gasteiger partial charge in [-0.25, -0.2) is 0 Å². The fourth-order valence-corrected chi connectivity index (χ4v) is 13.9. The third kappa shape index (κ3) is 5.55. The van der Waals surface area contributed by atoms with Crippen LogP contribution in [-0.2, 0) is 0 Å². The molecule has 4 aromatic rings. The third-order valence-corrected chi connectivity index (χ3v) is 16.6. The van der Waals surface area contributed by atoms with Crippen LogP contribution in [-0.4, -0.2) is 28.0 Å². The van der Waals surface area contributed by atoms with Gasteiger partial charge in [0.25, 0.3) is 0 Å². The summed E-state index contributed by atoms with van der Waals surface area (Å²) in [6.07, 6.45) is 44.5. The summed E-state index contributed by atoms with van der Waals surface area (Å²) in [6.45, 7) is 0. The highest BCUT2D eigenvalue weighted by Gasteiger charge is 2.56. The Morgan fingerprint density at radius 1 is 0.656 bits per heavy atom. The van der Waals surface area contributed by atoms with Crippen LogP contribution in [0.15, 0.2) is 199 Å². The minimum Gasteiger partial charge on any atom is -0.336 e. The van der Waals surface area contributed by atoms with E-state index in [0.29, 0.717) is 41.7 Å². The summed E-state index contributed by atoms with van der Waals surface area (Å²) in [5.74, 6) is 2.40. The number of fused-ring (bicyclic) bond motifs is 11. The van der Waals surface area contributed by atoms with E-state index in [2.05, 4.69) is 214 Å². The number of nitrogens with one attached hydrogen (secondary N) is 1. The summed E-state index contributed by atoms with van der Waals surface area (Å²) in [7, 11) is 0. The molecule has 1 N–H and O–H groups in total. The van der Waals surface area contributed by atoms with Crippen molar-refractivity contribution in [3.63, 3.8) is 0 Å². The van der Waals surface area contributed by atoms with Crippen LogP contribution in [0.3, 0.4) is 0 Å². The molecule has 11 unspecified atom stereocenters. The summed E-state index contributed by atoms with van der Waals surface area (Å²) < 4.78 is 0. The molecule has 314 valence electrons. The zero-order valence-corrected chi connectivity index (χ0v) is 36.2. The number of hydrogen-bond donors (Lipinski definition) is 1. The van der Waals surface area contributed by atoms with Crippen molar-refractivity contribution in [3.05, 3.63) is 238 Å². The van der Waals surface area contributed by atoms with Gasteiger partial charge in [0.1, 0.15) is 6.17 Å². The summed E-state index contributed by atoms with van der Waals surface area (Å²) in [4.78, 5) is 8.45. The number of hydrogen-bond acceptors (Lipinski definition) is 4. The van der Waals surface area contributed by atoms with Gasteiger partial charge in [-0.05, 0) is 107 Å². The molecule has 3 heterocycles. The van der Waals surface area contributed by atoms with Crippen molar-refractivity contribution in [3.8, 4) is 0 Å². The van der Waals surface area contributed by atoms with Gasteiger partial charge in [0.15, 0.2) is 0 Å². The predicted molar refractivity (Wildman–Crippen MR) is 261 cm³/mol. The van der Waals surface area contributed by atoms with Crippen molar-refractivity contribution >= 4 is 23.9 Å². The first-order valence-corrected chi connectivity index (χ1v) is 24.1. The molecule has 4 aromatic carbocycles. The second kappa shape index (κ2) is 14.7. The number of para-hydroxylation sites is 1. The second-order valence-corrected chi connectivity index (χ2v) is 19.7. The average molecular weight is 831 g/mol. The van der Waals surface area contributed by atoms with E-state index in [9.17, 15) is 0 Å². The molecule has 10 aliphatic rings. The molecule has 0 saturated carbocycles. The summed E-state index contributed by atoms with van der Waals surface area (Å²) in [5.41, 5.74) is 17.1. The van der Waals surface area contributed by atoms with E-state index in [0.717, 1.165) is 25.7 Å². The van der Waals surface area contributed by atoms with Crippen molar-refractivity contribution < 1.29 is 0 Å². The molecule has 2 saturated heterocycles. The van der Waals surface area contributed by atoms with Gasteiger partial charge in [0, 0.05) is 76.4 Å². The van der Waals surface area contributed by atoms with E-state index in [1.54, 1.807) is 0 Å². The SMILES string of the molecule is C1=CC2C=Cc3cc(C4NC(C5C=CC=C(N6C7=Cc8ccccc8C(N8C9C=Cc%10ccccc%10C9C9C=CCCC98)C7C7=C6CCC=C7)C5)N4c4ccccc4)ccc3C2C=C1. The molecule has 0 bridgehead atoms. The molecule has 0 radical (unpaired) electrons. The van der Waals surface area contributed by atoms with Crippen LogP contribution in [0.1, 0.15) is 95.1 Å². The van der Waals surface area contributed by atoms with Crippen molar-refractivity contribution in [1.82, 2.24) is 15.1 Å². The molecule has 4 nitrogen and oxygen atoms in total. The van der Waals surface area contributed by atoms with Crippen LogP contribution in [0.2, 0.25) is 0 Å². The predicted octanol–water partition coefficient (Wildman–Crippen LogP) is 12.9. The number of allylic oxidation sites excluding steroid dienone is 12. The number of benzene rings is 4. The minimum atomic E-state index is 0.101. The van der Waals surface area contributed by atoms with Crippen LogP contribution in [0, 0.1) is 23.7 Å². The Balaban J connectivity index is 0.812. The smallest absolute Gasteiger partial charge is 0.109 e. The normalized spacial score (nSPS) is 33.3. The van der Waals surface area contributed by atoms with E-state index in [1.165, 1.54) is 73.7 Å². The number of likely N-dealkylation sites (tertiary alicyclic amines) is 1. The maximum atomic E-state index is 4.14. The van der Waals surface area contributed by atoms with Gasteiger partial charge in [0.2, 0.25) is 0 Å². The van der Waals surface area contributed by atoms with Crippen molar-refractivity contribution in [2.45, 2.75) is 74.4 Å². The summed E-state index contributed by atoms with van der Waals surface area (Å²) in [6, 6.07) is 38.0. The molecule has 7 aliphatic carbocycles. The monoisotopic (exact) mass is 830 g/mol. The largest absolute Gasteiger partial charge is 0.336 e. The zero-order chi connectivity index (χ0) is 41.9. The fourth-order valence-electron chi connectivity index (χ4n) is 13.9. The summed E-state index contributed by atoms with van der Waals surface area (Å²) >= 11 is 0. The average Bonchev–Trinajstić information content (AvgIpc) is 3.86.